The van der Waals surface area contributed by atoms with Gasteiger partial charge in [0.15, 0.2) is 0 Å². The average molecular weight is 475 g/mol. The second kappa shape index (κ2) is 8.90. The molecule has 0 unspecified atom stereocenters. The molecule has 4 aromatic rings. The molecule has 156 valence electrons. The molecule has 0 fully saturated rings. The smallest absolute Gasteiger partial charge is 0.256 e. The van der Waals surface area contributed by atoms with Crippen molar-refractivity contribution in [1.29, 1.82) is 0 Å². The summed E-state index contributed by atoms with van der Waals surface area (Å²) in [5.41, 5.74) is 6.02. The van der Waals surface area contributed by atoms with Gasteiger partial charge in [0, 0.05) is 21.1 Å². The first-order valence-corrected chi connectivity index (χ1v) is 11.0. The van der Waals surface area contributed by atoms with E-state index < -0.39 is 0 Å². The number of carbonyl (C=O) groups is 1. The van der Waals surface area contributed by atoms with Crippen molar-refractivity contribution in [3.63, 3.8) is 0 Å². The van der Waals surface area contributed by atoms with E-state index in [-0.39, 0.29) is 5.91 Å². The Morgan fingerprint density at radius 3 is 2.39 bits per heavy atom. The number of fused-ring (bicyclic) bond motifs is 1. The van der Waals surface area contributed by atoms with E-state index in [1.165, 1.54) is 0 Å². The third-order valence-electron chi connectivity index (χ3n) is 5.06. The van der Waals surface area contributed by atoms with Gasteiger partial charge in [0.25, 0.3) is 5.91 Å². The second-order valence-electron chi connectivity index (χ2n) is 7.45. The minimum absolute atomic E-state index is 0.167. The molecule has 0 aliphatic carbocycles. The number of halogens is 1. The van der Waals surface area contributed by atoms with Crippen LogP contribution in [0.2, 0.25) is 0 Å². The van der Waals surface area contributed by atoms with Crippen molar-refractivity contribution in [2.45, 2.75) is 20.8 Å². The Balaban J connectivity index is 1.78. The zero-order chi connectivity index (χ0) is 22.0. The maximum Gasteiger partial charge on any atom is 0.256 e. The van der Waals surface area contributed by atoms with Gasteiger partial charge in [-0.3, -0.25) is 4.79 Å². The maximum absolute atomic E-state index is 13.3. The van der Waals surface area contributed by atoms with Gasteiger partial charge >= 0.3 is 0 Å². The highest BCUT2D eigenvalue weighted by molar-refractivity contribution is 9.10. The van der Waals surface area contributed by atoms with Gasteiger partial charge in [0.1, 0.15) is 5.75 Å². The van der Waals surface area contributed by atoms with Crippen LogP contribution in [0.25, 0.3) is 22.2 Å². The van der Waals surface area contributed by atoms with Gasteiger partial charge in [0.05, 0.1) is 23.4 Å². The van der Waals surface area contributed by atoms with E-state index in [4.69, 9.17) is 9.72 Å². The lowest BCUT2D eigenvalue weighted by molar-refractivity contribution is 0.102. The van der Waals surface area contributed by atoms with Gasteiger partial charge in [0.2, 0.25) is 0 Å². The normalized spacial score (nSPS) is 10.8. The number of aromatic nitrogens is 1. The third kappa shape index (κ3) is 4.62. The molecule has 0 aliphatic rings. The molecule has 4 nitrogen and oxygen atoms in total. The molecule has 1 aromatic heterocycles. The Morgan fingerprint density at radius 2 is 1.71 bits per heavy atom. The first kappa shape index (κ1) is 21.1. The van der Waals surface area contributed by atoms with Gasteiger partial charge in [-0.15, -0.1) is 0 Å². The number of carbonyl (C=O) groups excluding carboxylic acids is 1. The number of hydrogen-bond acceptors (Lipinski definition) is 3. The highest BCUT2D eigenvalue weighted by Gasteiger charge is 2.16. The van der Waals surface area contributed by atoms with Gasteiger partial charge in [-0.25, -0.2) is 4.98 Å². The molecule has 5 heteroatoms. The molecule has 4 rings (SSSR count). The molecule has 0 aliphatic heterocycles. The quantitative estimate of drug-likeness (QED) is 0.341. The first-order chi connectivity index (χ1) is 14.9. The van der Waals surface area contributed by atoms with Crippen molar-refractivity contribution >= 4 is 38.4 Å². The van der Waals surface area contributed by atoms with Crippen LogP contribution in [0, 0.1) is 13.8 Å². The van der Waals surface area contributed by atoms with Crippen molar-refractivity contribution in [3.05, 3.63) is 87.9 Å². The van der Waals surface area contributed by atoms with Gasteiger partial charge < -0.3 is 10.1 Å². The SMILES string of the molecule is CCOc1ccc(NC(=O)c2cc(-c3ccc(Br)cc3)nc3c(C)cc(C)cc23)cc1. The number of anilines is 1. The number of nitrogens with zero attached hydrogens (tertiary/aromatic N) is 1. The predicted octanol–water partition coefficient (Wildman–Crippen LogP) is 6.93. The van der Waals surface area contributed by atoms with Crippen LogP contribution in [0.5, 0.6) is 5.75 Å². The number of nitrogens with one attached hydrogen (secondary N) is 1. The molecule has 0 bridgehead atoms. The number of pyridine rings is 1. The highest BCUT2D eigenvalue weighted by Crippen LogP contribution is 2.29. The number of amides is 1. The van der Waals surface area contributed by atoms with Crippen molar-refractivity contribution in [1.82, 2.24) is 4.98 Å². The van der Waals surface area contributed by atoms with E-state index in [2.05, 4.69) is 27.3 Å². The Kier molecular flexibility index (Phi) is 6.05. The third-order valence-corrected chi connectivity index (χ3v) is 5.58. The molecule has 0 atom stereocenters. The van der Waals surface area contributed by atoms with E-state index in [1.54, 1.807) is 0 Å². The molecule has 0 spiro atoms. The fraction of sp³-hybridized carbons (Fsp3) is 0.154. The van der Waals surface area contributed by atoms with Crippen molar-refractivity contribution in [3.8, 4) is 17.0 Å². The average Bonchev–Trinajstić information content (AvgIpc) is 2.75. The summed E-state index contributed by atoms with van der Waals surface area (Å²) in [4.78, 5) is 18.2. The molecule has 0 radical (unpaired) electrons. The molecular weight excluding hydrogens is 452 g/mol. The first-order valence-electron chi connectivity index (χ1n) is 10.2. The Hall–Kier alpha value is -3.18. The molecule has 1 amide bonds. The standard InChI is InChI=1S/C26H23BrN2O2/c1-4-31-21-11-9-20(10-12-21)28-26(30)23-15-24(18-5-7-19(27)8-6-18)29-25-17(3)13-16(2)14-22(23)25/h5-15H,4H2,1-3H3,(H,28,30). The van der Waals surface area contributed by atoms with Crippen LogP contribution < -0.4 is 10.1 Å². The lowest BCUT2D eigenvalue weighted by Gasteiger charge is -2.13. The lowest BCUT2D eigenvalue weighted by Crippen LogP contribution is -2.13. The van der Waals surface area contributed by atoms with Crippen LogP contribution in [-0.2, 0) is 0 Å². The molecule has 0 saturated carbocycles. The van der Waals surface area contributed by atoms with Crippen LogP contribution in [0.3, 0.4) is 0 Å². The summed E-state index contributed by atoms with van der Waals surface area (Å²) in [5, 5.41) is 3.87. The van der Waals surface area contributed by atoms with Crippen LogP contribution in [-0.4, -0.2) is 17.5 Å². The topological polar surface area (TPSA) is 51.2 Å². The zero-order valence-electron chi connectivity index (χ0n) is 17.7. The van der Waals surface area contributed by atoms with Crippen molar-refractivity contribution in [2.75, 3.05) is 11.9 Å². The van der Waals surface area contributed by atoms with Gasteiger partial charge in [-0.2, -0.15) is 0 Å². The van der Waals surface area contributed by atoms with Crippen LogP contribution in [0.1, 0.15) is 28.4 Å². The Labute approximate surface area is 190 Å². The van der Waals surface area contributed by atoms with Crippen molar-refractivity contribution in [2.24, 2.45) is 0 Å². The molecule has 1 heterocycles. The minimum Gasteiger partial charge on any atom is -0.494 e. The summed E-state index contributed by atoms with van der Waals surface area (Å²) in [7, 11) is 0. The fourth-order valence-corrected chi connectivity index (χ4v) is 3.90. The summed E-state index contributed by atoms with van der Waals surface area (Å²) in [6.07, 6.45) is 0. The Bertz CT molecular complexity index is 1250. The van der Waals surface area contributed by atoms with Crippen LogP contribution in [0.4, 0.5) is 5.69 Å². The van der Waals surface area contributed by atoms with E-state index in [0.717, 1.165) is 43.5 Å². The minimum atomic E-state index is -0.167. The second-order valence-corrected chi connectivity index (χ2v) is 8.37. The summed E-state index contributed by atoms with van der Waals surface area (Å²) < 4.78 is 6.48. The fourth-order valence-electron chi connectivity index (χ4n) is 3.64. The van der Waals surface area contributed by atoms with Crippen LogP contribution >= 0.6 is 15.9 Å². The van der Waals surface area contributed by atoms with E-state index in [1.807, 2.05) is 81.4 Å². The summed E-state index contributed by atoms with van der Waals surface area (Å²) in [5.74, 6) is 0.610. The number of hydrogen-bond donors (Lipinski definition) is 1. The lowest BCUT2D eigenvalue weighted by atomic mass is 9.99. The van der Waals surface area contributed by atoms with Gasteiger partial charge in [-0.1, -0.05) is 39.7 Å². The highest BCUT2D eigenvalue weighted by atomic mass is 79.9. The van der Waals surface area contributed by atoms with Crippen LogP contribution in [0.15, 0.2) is 71.2 Å². The van der Waals surface area contributed by atoms with Crippen molar-refractivity contribution < 1.29 is 9.53 Å². The van der Waals surface area contributed by atoms with Gasteiger partial charge in [-0.05, 0) is 74.9 Å². The zero-order valence-corrected chi connectivity index (χ0v) is 19.3. The monoisotopic (exact) mass is 474 g/mol. The summed E-state index contributed by atoms with van der Waals surface area (Å²) in [6, 6.07) is 21.3. The molecule has 31 heavy (non-hydrogen) atoms. The number of rotatable bonds is 5. The number of ether oxygens (including phenoxy) is 1. The maximum atomic E-state index is 13.3. The number of benzene rings is 3. The predicted molar refractivity (Wildman–Crippen MR) is 130 cm³/mol. The largest absolute Gasteiger partial charge is 0.494 e. The Morgan fingerprint density at radius 1 is 1.00 bits per heavy atom. The van der Waals surface area contributed by atoms with E-state index in [9.17, 15) is 4.79 Å². The molecule has 3 aromatic carbocycles. The molecular formula is C26H23BrN2O2. The molecule has 0 saturated heterocycles. The summed E-state index contributed by atoms with van der Waals surface area (Å²) in [6.45, 7) is 6.61. The molecule has 1 N–H and O–H groups in total. The number of aryl methyl sites for hydroxylation is 2. The van der Waals surface area contributed by atoms with E-state index in [0.29, 0.717) is 17.9 Å². The van der Waals surface area contributed by atoms with E-state index >= 15 is 0 Å². The summed E-state index contributed by atoms with van der Waals surface area (Å²) >= 11 is 3.47.